The van der Waals surface area contributed by atoms with Crippen molar-refractivity contribution in [2.75, 3.05) is 6.54 Å². The van der Waals surface area contributed by atoms with Crippen molar-refractivity contribution in [1.29, 1.82) is 5.26 Å². The van der Waals surface area contributed by atoms with Crippen molar-refractivity contribution in [3.05, 3.63) is 82.4 Å². The van der Waals surface area contributed by atoms with Crippen LogP contribution in [0.3, 0.4) is 0 Å². The van der Waals surface area contributed by atoms with Crippen molar-refractivity contribution < 1.29 is 9.53 Å². The number of carbonyl (C=O) groups excluding carboxylic acids is 1. The molecule has 0 saturated heterocycles. The van der Waals surface area contributed by atoms with Crippen molar-refractivity contribution in [2.45, 2.75) is 70.4 Å². The van der Waals surface area contributed by atoms with E-state index in [0.717, 1.165) is 11.8 Å². The van der Waals surface area contributed by atoms with Gasteiger partial charge in [0.25, 0.3) is 0 Å². The van der Waals surface area contributed by atoms with Gasteiger partial charge in [0.15, 0.2) is 0 Å². The highest BCUT2D eigenvalue weighted by Gasteiger charge is 2.40. The van der Waals surface area contributed by atoms with Gasteiger partial charge in [-0.25, -0.2) is 4.79 Å². The van der Waals surface area contributed by atoms with Crippen LogP contribution in [0, 0.1) is 11.3 Å². The quantitative estimate of drug-likeness (QED) is 0.421. The van der Waals surface area contributed by atoms with Gasteiger partial charge < -0.3 is 9.64 Å². The monoisotopic (exact) mass is 452 g/mol. The predicted octanol–water partition coefficient (Wildman–Crippen LogP) is 7.23. The molecule has 3 aromatic carbocycles. The van der Waals surface area contributed by atoms with Crippen molar-refractivity contribution in [2.24, 2.45) is 0 Å². The smallest absolute Gasteiger partial charge is 0.410 e. The molecule has 3 atom stereocenters. The molecule has 2 aliphatic rings. The molecule has 4 nitrogen and oxygen atoms in total. The number of nitrogens with zero attached hydrogens (tertiary/aromatic N) is 2. The average molecular weight is 453 g/mol. The molecule has 0 bridgehead atoms. The zero-order chi connectivity index (χ0) is 24.0. The van der Waals surface area contributed by atoms with Crippen molar-refractivity contribution in [3.63, 3.8) is 0 Å². The van der Waals surface area contributed by atoms with Crippen LogP contribution in [0.2, 0.25) is 0 Å². The summed E-state index contributed by atoms with van der Waals surface area (Å²) in [6, 6.07) is 21.7. The van der Waals surface area contributed by atoms with Crippen LogP contribution in [-0.4, -0.2) is 23.1 Å². The summed E-state index contributed by atoms with van der Waals surface area (Å²) in [6.45, 7) is 9.27. The lowest BCUT2D eigenvalue weighted by molar-refractivity contribution is 0.0204. The highest BCUT2D eigenvalue weighted by molar-refractivity contribution is 5.84. The second kappa shape index (κ2) is 8.47. The molecule has 1 aliphatic carbocycles. The first-order valence-electron chi connectivity index (χ1n) is 12.3. The second-order valence-electron chi connectivity index (χ2n) is 10.8. The Bertz CT molecular complexity index is 1300. The molecular formula is C30H32N2O2. The number of hydrogen-bond acceptors (Lipinski definition) is 3. The number of rotatable bonds is 3. The minimum Gasteiger partial charge on any atom is -0.444 e. The summed E-state index contributed by atoms with van der Waals surface area (Å²) in [5.41, 5.74) is 5.65. The SMILES string of the molecule is CCC1CN(C(=O)OC(C)(C)C)Cc2ccc(C3CC3c3ccc4cc(C#N)ccc4c3)cc21. The molecule has 1 fully saturated rings. The van der Waals surface area contributed by atoms with Crippen LogP contribution in [-0.2, 0) is 11.3 Å². The van der Waals surface area contributed by atoms with E-state index in [1.807, 2.05) is 37.8 Å². The number of hydrogen-bond donors (Lipinski definition) is 0. The molecule has 1 saturated carbocycles. The third kappa shape index (κ3) is 4.40. The summed E-state index contributed by atoms with van der Waals surface area (Å²) in [5, 5.41) is 11.5. The number of fused-ring (bicyclic) bond motifs is 2. The molecule has 1 aliphatic heterocycles. The maximum Gasteiger partial charge on any atom is 0.410 e. The molecule has 0 aromatic heterocycles. The van der Waals surface area contributed by atoms with Crippen LogP contribution < -0.4 is 0 Å². The summed E-state index contributed by atoms with van der Waals surface area (Å²) >= 11 is 0. The van der Waals surface area contributed by atoms with E-state index in [-0.39, 0.29) is 6.09 Å². The molecular weight excluding hydrogens is 420 g/mol. The van der Waals surface area contributed by atoms with Crippen molar-refractivity contribution in [3.8, 4) is 6.07 Å². The standard InChI is InChI=1S/C30H32N2O2/c1-5-20-17-32(29(33)34-30(2,3)4)18-25-11-10-24(14-26(20)25)28-15-27(28)23-9-8-21-12-19(16-31)6-7-22(21)13-23/h6-14,20,27-28H,5,15,17-18H2,1-4H3. The Balaban J connectivity index is 1.35. The Hall–Kier alpha value is -3.32. The summed E-state index contributed by atoms with van der Waals surface area (Å²) in [6.07, 6.45) is 1.95. The molecule has 0 spiro atoms. The molecule has 1 amide bonds. The molecule has 4 heteroatoms. The number of amides is 1. The summed E-state index contributed by atoms with van der Waals surface area (Å²) < 4.78 is 5.63. The van der Waals surface area contributed by atoms with Gasteiger partial charge in [-0.3, -0.25) is 0 Å². The molecule has 3 aromatic rings. The third-order valence-corrected chi connectivity index (χ3v) is 7.20. The van der Waals surface area contributed by atoms with Gasteiger partial charge in [0.1, 0.15) is 5.60 Å². The van der Waals surface area contributed by atoms with Crippen molar-refractivity contribution in [1.82, 2.24) is 4.90 Å². The van der Waals surface area contributed by atoms with E-state index in [4.69, 9.17) is 10.00 Å². The number of ether oxygens (including phenoxy) is 1. The number of benzene rings is 3. The van der Waals surface area contributed by atoms with Gasteiger partial charge >= 0.3 is 6.09 Å². The lowest BCUT2D eigenvalue weighted by Crippen LogP contribution is -2.41. The van der Waals surface area contributed by atoms with Gasteiger partial charge in [0.05, 0.1) is 11.6 Å². The van der Waals surface area contributed by atoms with E-state index in [0.29, 0.717) is 36.4 Å². The normalized spacial score (nSPS) is 21.6. The van der Waals surface area contributed by atoms with Gasteiger partial charge in [-0.15, -0.1) is 0 Å². The lowest BCUT2D eigenvalue weighted by atomic mass is 9.86. The molecule has 174 valence electrons. The van der Waals surface area contributed by atoms with Crippen LogP contribution >= 0.6 is 0 Å². The van der Waals surface area contributed by atoms with Gasteiger partial charge in [0.2, 0.25) is 0 Å². The summed E-state index contributed by atoms with van der Waals surface area (Å²) in [5.74, 6) is 1.42. The van der Waals surface area contributed by atoms with Crippen molar-refractivity contribution >= 4 is 16.9 Å². The third-order valence-electron chi connectivity index (χ3n) is 7.20. The Labute approximate surface area is 202 Å². The zero-order valence-corrected chi connectivity index (χ0v) is 20.5. The Morgan fingerprint density at radius 3 is 2.41 bits per heavy atom. The van der Waals surface area contributed by atoms with E-state index in [9.17, 15) is 4.79 Å². The first kappa shape index (κ1) is 22.5. The number of carbonyl (C=O) groups is 1. The Morgan fingerprint density at radius 2 is 1.71 bits per heavy atom. The van der Waals surface area contributed by atoms with Gasteiger partial charge in [-0.05, 0) is 90.6 Å². The largest absolute Gasteiger partial charge is 0.444 e. The van der Waals surface area contributed by atoms with E-state index in [2.05, 4.69) is 55.5 Å². The molecule has 3 unspecified atom stereocenters. The first-order chi connectivity index (χ1) is 16.3. The first-order valence-corrected chi connectivity index (χ1v) is 12.3. The zero-order valence-electron chi connectivity index (χ0n) is 20.5. The number of nitriles is 1. The minimum atomic E-state index is -0.481. The maximum absolute atomic E-state index is 12.7. The fourth-order valence-corrected chi connectivity index (χ4v) is 5.31. The second-order valence-corrected chi connectivity index (χ2v) is 10.8. The Kier molecular flexibility index (Phi) is 5.60. The van der Waals surface area contributed by atoms with Crippen LogP contribution in [0.15, 0.2) is 54.6 Å². The van der Waals surface area contributed by atoms with E-state index >= 15 is 0 Å². The minimum absolute atomic E-state index is 0.221. The van der Waals surface area contributed by atoms with Crippen LogP contribution in [0.1, 0.15) is 86.1 Å². The molecule has 5 rings (SSSR count). The molecule has 0 radical (unpaired) electrons. The van der Waals surface area contributed by atoms with Gasteiger partial charge in [-0.1, -0.05) is 49.4 Å². The fraction of sp³-hybridized carbons (Fsp3) is 0.400. The highest BCUT2D eigenvalue weighted by Crippen LogP contribution is 2.55. The lowest BCUT2D eigenvalue weighted by Gasteiger charge is -2.35. The Morgan fingerprint density at radius 1 is 1.03 bits per heavy atom. The van der Waals surface area contributed by atoms with E-state index in [1.54, 1.807) is 0 Å². The van der Waals surface area contributed by atoms with Crippen LogP contribution in [0.5, 0.6) is 0 Å². The molecule has 0 N–H and O–H groups in total. The van der Waals surface area contributed by atoms with Gasteiger partial charge in [0, 0.05) is 19.0 Å². The average Bonchev–Trinajstić information content (AvgIpc) is 3.62. The molecule has 34 heavy (non-hydrogen) atoms. The highest BCUT2D eigenvalue weighted by atomic mass is 16.6. The van der Waals surface area contributed by atoms with Crippen LogP contribution in [0.4, 0.5) is 4.79 Å². The van der Waals surface area contributed by atoms with E-state index < -0.39 is 5.60 Å². The van der Waals surface area contributed by atoms with Crippen LogP contribution in [0.25, 0.3) is 10.8 Å². The van der Waals surface area contributed by atoms with Gasteiger partial charge in [-0.2, -0.15) is 5.26 Å². The molecule has 1 heterocycles. The maximum atomic E-state index is 12.7. The topological polar surface area (TPSA) is 53.3 Å². The summed E-state index contributed by atoms with van der Waals surface area (Å²) in [7, 11) is 0. The fourth-order valence-electron chi connectivity index (χ4n) is 5.31. The van der Waals surface area contributed by atoms with E-state index in [1.165, 1.54) is 34.1 Å². The predicted molar refractivity (Wildman–Crippen MR) is 135 cm³/mol. The summed E-state index contributed by atoms with van der Waals surface area (Å²) in [4.78, 5) is 14.5.